The average molecular weight is 479 g/mol. The Morgan fingerprint density at radius 2 is 1.92 bits per heavy atom. The average Bonchev–Trinajstić information content (AvgIpc) is 2.73. The Morgan fingerprint density at radius 3 is 2.35 bits per heavy atom. The molecule has 0 bridgehead atoms. The molecule has 0 radical (unpaired) electrons. The van der Waals surface area contributed by atoms with E-state index in [0.29, 0.717) is 6.54 Å². The summed E-state index contributed by atoms with van der Waals surface area (Å²) in [5, 5.41) is 11.3. The Labute approximate surface area is 176 Å². The summed E-state index contributed by atoms with van der Waals surface area (Å²) in [5.74, 6) is 0.834. The molecule has 7 heteroatoms. The molecule has 0 aromatic carbocycles. The van der Waals surface area contributed by atoms with Gasteiger partial charge in [-0.2, -0.15) is 5.10 Å². The monoisotopic (exact) mass is 479 g/mol. The van der Waals surface area contributed by atoms with Crippen molar-refractivity contribution in [3.63, 3.8) is 0 Å². The topological polar surface area (TPSA) is 63.5 Å². The molecule has 0 fully saturated rings. The van der Waals surface area contributed by atoms with E-state index in [4.69, 9.17) is 9.73 Å². The fraction of sp³-hybridized carbons (Fsp3) is 0.789. The predicted molar refractivity (Wildman–Crippen MR) is 121 cm³/mol. The number of methoxy groups -OCH3 is 1. The fourth-order valence-corrected chi connectivity index (χ4v) is 2.90. The maximum Gasteiger partial charge on any atom is 0.191 e. The van der Waals surface area contributed by atoms with Crippen LogP contribution in [0.25, 0.3) is 0 Å². The van der Waals surface area contributed by atoms with Crippen molar-refractivity contribution < 1.29 is 4.74 Å². The third-order valence-corrected chi connectivity index (χ3v) is 4.56. The van der Waals surface area contributed by atoms with Crippen LogP contribution in [0, 0.1) is 19.3 Å². The summed E-state index contributed by atoms with van der Waals surface area (Å²) in [7, 11) is 3.75. The molecule has 152 valence electrons. The van der Waals surface area contributed by atoms with Crippen molar-refractivity contribution in [2.45, 2.75) is 67.0 Å². The van der Waals surface area contributed by atoms with Gasteiger partial charge in [-0.25, -0.2) is 0 Å². The molecular formula is C19H38IN5O. The van der Waals surface area contributed by atoms with Crippen LogP contribution in [0.3, 0.4) is 0 Å². The van der Waals surface area contributed by atoms with Crippen LogP contribution in [0.4, 0.5) is 0 Å². The van der Waals surface area contributed by atoms with E-state index in [0.717, 1.165) is 24.6 Å². The second-order valence-electron chi connectivity index (χ2n) is 7.83. The summed E-state index contributed by atoms with van der Waals surface area (Å²) < 4.78 is 7.55. The number of guanidine groups is 1. The Balaban J connectivity index is 0.00000625. The molecule has 0 spiro atoms. The Bertz CT molecular complexity index is 577. The molecular weight excluding hydrogens is 441 g/mol. The third-order valence-electron chi connectivity index (χ3n) is 4.56. The zero-order valence-corrected chi connectivity index (χ0v) is 20.3. The summed E-state index contributed by atoms with van der Waals surface area (Å²) in [6.07, 6.45) is 1.00. The second kappa shape index (κ2) is 11.1. The molecule has 2 atom stereocenters. The lowest BCUT2D eigenvalue weighted by atomic mass is 9.89. The number of aryl methyl sites for hydroxylation is 2. The Hall–Kier alpha value is -0.830. The lowest BCUT2D eigenvalue weighted by Crippen LogP contribution is -2.44. The summed E-state index contributed by atoms with van der Waals surface area (Å²) >= 11 is 0. The van der Waals surface area contributed by atoms with Crippen LogP contribution in [0.2, 0.25) is 0 Å². The molecule has 0 amide bonds. The first kappa shape index (κ1) is 25.2. The van der Waals surface area contributed by atoms with Crippen LogP contribution in [0.5, 0.6) is 0 Å². The fourth-order valence-electron chi connectivity index (χ4n) is 2.90. The quantitative estimate of drug-likeness (QED) is 0.358. The van der Waals surface area contributed by atoms with Gasteiger partial charge in [0.15, 0.2) is 5.96 Å². The molecule has 1 rings (SSSR count). The van der Waals surface area contributed by atoms with Gasteiger partial charge in [0.05, 0.1) is 18.3 Å². The Kier molecular flexibility index (Phi) is 10.8. The molecule has 0 aliphatic rings. The molecule has 0 saturated carbocycles. The van der Waals surface area contributed by atoms with Gasteiger partial charge in [-0.05, 0) is 45.1 Å². The van der Waals surface area contributed by atoms with Crippen LogP contribution in [0.1, 0.15) is 51.6 Å². The second-order valence-corrected chi connectivity index (χ2v) is 7.83. The number of ether oxygens (including phenoxy) is 1. The minimum absolute atomic E-state index is 0. The smallest absolute Gasteiger partial charge is 0.191 e. The largest absolute Gasteiger partial charge is 0.379 e. The number of rotatable bonds is 7. The first-order chi connectivity index (χ1) is 11.6. The summed E-state index contributed by atoms with van der Waals surface area (Å²) in [6.45, 7) is 16.4. The molecule has 1 heterocycles. The predicted octanol–water partition coefficient (Wildman–Crippen LogP) is 3.20. The Morgan fingerprint density at radius 1 is 1.31 bits per heavy atom. The van der Waals surface area contributed by atoms with E-state index in [1.54, 1.807) is 7.11 Å². The lowest BCUT2D eigenvalue weighted by molar-refractivity contribution is 0.0241. The van der Waals surface area contributed by atoms with Crippen molar-refractivity contribution in [2.24, 2.45) is 17.5 Å². The normalized spacial score (nSPS) is 14.6. The number of aliphatic imine (C=N–C) groups is 1. The number of hydrogen-bond donors (Lipinski definition) is 2. The summed E-state index contributed by atoms with van der Waals surface area (Å²) in [5.41, 5.74) is 3.69. The van der Waals surface area contributed by atoms with Crippen LogP contribution in [0.15, 0.2) is 4.99 Å². The van der Waals surface area contributed by atoms with Crippen molar-refractivity contribution in [2.75, 3.05) is 20.2 Å². The number of nitrogens with one attached hydrogen (secondary N) is 2. The number of halogens is 1. The SMILES string of the molecule is CCNC(=NCC(OC)C(C)(C)C)NC(C)Cc1c(C)nn(C)c1C.I. The van der Waals surface area contributed by atoms with Crippen LogP contribution in [-0.4, -0.2) is 48.1 Å². The van der Waals surface area contributed by atoms with Gasteiger partial charge in [-0.15, -0.1) is 24.0 Å². The minimum Gasteiger partial charge on any atom is -0.379 e. The molecule has 6 nitrogen and oxygen atoms in total. The molecule has 1 aromatic heterocycles. The van der Waals surface area contributed by atoms with E-state index in [-0.39, 0.29) is 41.5 Å². The zero-order chi connectivity index (χ0) is 19.2. The van der Waals surface area contributed by atoms with E-state index >= 15 is 0 Å². The van der Waals surface area contributed by atoms with Gasteiger partial charge in [-0.1, -0.05) is 20.8 Å². The van der Waals surface area contributed by atoms with Gasteiger partial charge in [0.1, 0.15) is 0 Å². The van der Waals surface area contributed by atoms with Crippen LogP contribution < -0.4 is 10.6 Å². The first-order valence-electron chi connectivity index (χ1n) is 9.16. The van der Waals surface area contributed by atoms with Gasteiger partial charge in [0, 0.05) is 32.4 Å². The third kappa shape index (κ3) is 7.42. The molecule has 2 N–H and O–H groups in total. The zero-order valence-electron chi connectivity index (χ0n) is 17.9. The maximum atomic E-state index is 5.60. The van der Waals surface area contributed by atoms with Crippen LogP contribution >= 0.6 is 24.0 Å². The highest BCUT2D eigenvalue weighted by Gasteiger charge is 2.24. The van der Waals surface area contributed by atoms with Crippen LogP contribution in [-0.2, 0) is 18.2 Å². The van der Waals surface area contributed by atoms with E-state index in [1.165, 1.54) is 11.3 Å². The highest BCUT2D eigenvalue weighted by atomic mass is 127. The molecule has 26 heavy (non-hydrogen) atoms. The lowest BCUT2D eigenvalue weighted by Gasteiger charge is -2.28. The van der Waals surface area contributed by atoms with Crippen molar-refractivity contribution in [3.05, 3.63) is 17.0 Å². The number of hydrogen-bond acceptors (Lipinski definition) is 3. The molecule has 0 aliphatic heterocycles. The minimum atomic E-state index is 0. The van der Waals surface area contributed by atoms with E-state index in [9.17, 15) is 0 Å². The van der Waals surface area contributed by atoms with Crippen molar-refractivity contribution >= 4 is 29.9 Å². The van der Waals surface area contributed by atoms with Gasteiger partial charge >= 0.3 is 0 Å². The van der Waals surface area contributed by atoms with E-state index < -0.39 is 0 Å². The van der Waals surface area contributed by atoms with Gasteiger partial charge in [-0.3, -0.25) is 9.67 Å². The summed E-state index contributed by atoms with van der Waals surface area (Å²) in [4.78, 5) is 4.73. The first-order valence-corrected chi connectivity index (χ1v) is 9.16. The van der Waals surface area contributed by atoms with Gasteiger partial charge < -0.3 is 15.4 Å². The van der Waals surface area contributed by atoms with Crippen molar-refractivity contribution in [3.8, 4) is 0 Å². The highest BCUT2D eigenvalue weighted by Crippen LogP contribution is 2.21. The molecule has 0 saturated heterocycles. The van der Waals surface area contributed by atoms with E-state index in [2.05, 4.69) is 64.2 Å². The van der Waals surface area contributed by atoms with Gasteiger partial charge in [0.25, 0.3) is 0 Å². The van der Waals surface area contributed by atoms with Crippen molar-refractivity contribution in [1.82, 2.24) is 20.4 Å². The highest BCUT2D eigenvalue weighted by molar-refractivity contribution is 14.0. The van der Waals surface area contributed by atoms with Gasteiger partial charge in [0.2, 0.25) is 0 Å². The molecule has 0 aliphatic carbocycles. The number of nitrogens with zero attached hydrogens (tertiary/aromatic N) is 3. The molecule has 1 aromatic rings. The summed E-state index contributed by atoms with van der Waals surface area (Å²) in [6, 6.07) is 0.259. The number of aromatic nitrogens is 2. The van der Waals surface area contributed by atoms with Crippen molar-refractivity contribution in [1.29, 1.82) is 0 Å². The molecule has 2 unspecified atom stereocenters. The standard InChI is InChI=1S/C19H37N5O.HI/c1-10-20-18(21-12-17(25-9)19(5,6)7)22-13(2)11-16-14(3)23-24(8)15(16)4;/h13,17H,10-12H2,1-9H3,(H2,20,21,22);1H. The van der Waals surface area contributed by atoms with E-state index in [1.807, 2.05) is 11.7 Å². The maximum absolute atomic E-state index is 5.60.